The van der Waals surface area contributed by atoms with Gasteiger partial charge in [-0.05, 0) is 25.7 Å². The first-order chi connectivity index (χ1) is 5.79. The summed E-state index contributed by atoms with van der Waals surface area (Å²) < 4.78 is 4.82. The van der Waals surface area contributed by atoms with Crippen molar-refractivity contribution in [3.05, 3.63) is 0 Å². The summed E-state index contributed by atoms with van der Waals surface area (Å²) in [5, 5.41) is 0. The van der Waals surface area contributed by atoms with E-state index in [-0.39, 0.29) is 6.10 Å². The van der Waals surface area contributed by atoms with E-state index in [1.54, 1.807) is 0 Å². The van der Waals surface area contributed by atoms with Crippen LogP contribution in [0.3, 0.4) is 0 Å². The molecule has 0 heterocycles. The van der Waals surface area contributed by atoms with E-state index < -0.39 is 5.43 Å². The second kappa shape index (κ2) is 7.41. The van der Waals surface area contributed by atoms with Gasteiger partial charge in [0, 0.05) is 11.6 Å². The molecule has 0 bridgehead atoms. The molecule has 12 heavy (non-hydrogen) atoms. The smallest absolute Gasteiger partial charge is 0.404 e. The number of carbonyl (C=O) groups excluding carboxylic acids is 1. The van der Waals surface area contributed by atoms with Crippen LogP contribution in [0.2, 0.25) is 0 Å². The van der Waals surface area contributed by atoms with Crippen molar-refractivity contribution in [2.45, 2.75) is 52.1 Å². The molecule has 0 aromatic rings. The van der Waals surface area contributed by atoms with E-state index >= 15 is 0 Å². The maximum atomic E-state index is 10.3. The van der Waals surface area contributed by atoms with Gasteiger partial charge in [0.05, 0.1) is 0 Å². The summed E-state index contributed by atoms with van der Waals surface area (Å²) in [7, 11) is 0. The predicted octanol–water partition coefficient (Wildman–Crippen LogP) is 3.72. The molecule has 0 amide bonds. The van der Waals surface area contributed by atoms with Gasteiger partial charge in [-0.1, -0.05) is 20.3 Å². The second-order valence-electron chi connectivity index (χ2n) is 2.62. The summed E-state index contributed by atoms with van der Waals surface area (Å²) in [4.78, 5) is 10.3. The Balaban J connectivity index is 0.000000561. The molecule has 0 aromatic heterocycles. The molecule has 72 valence electrons. The number of carbonyl (C=O) groups is 1. The molecule has 0 unspecified atom stereocenters. The van der Waals surface area contributed by atoms with Crippen LogP contribution >= 0.6 is 11.6 Å². The zero-order valence-electron chi connectivity index (χ0n) is 7.81. The van der Waals surface area contributed by atoms with E-state index in [0.29, 0.717) is 0 Å². The third kappa shape index (κ3) is 5.42. The maximum Gasteiger partial charge on any atom is 0.404 e. The Hall–Kier alpha value is -0.240. The summed E-state index contributed by atoms with van der Waals surface area (Å²) >= 11 is 5.05. The molecule has 0 aromatic carbocycles. The quantitative estimate of drug-likeness (QED) is 0.592. The van der Waals surface area contributed by atoms with E-state index in [4.69, 9.17) is 16.3 Å². The van der Waals surface area contributed by atoms with Crippen LogP contribution in [0.15, 0.2) is 0 Å². The zero-order chi connectivity index (χ0) is 9.40. The van der Waals surface area contributed by atoms with E-state index in [2.05, 4.69) is 0 Å². The van der Waals surface area contributed by atoms with Crippen molar-refractivity contribution < 1.29 is 9.53 Å². The molecule has 1 rings (SSSR count). The lowest BCUT2D eigenvalue weighted by molar-refractivity contribution is 0.0954. The van der Waals surface area contributed by atoms with Crippen molar-refractivity contribution in [1.29, 1.82) is 0 Å². The first kappa shape index (κ1) is 11.8. The van der Waals surface area contributed by atoms with Gasteiger partial charge in [-0.3, -0.25) is 0 Å². The average Bonchev–Trinajstić information content (AvgIpc) is 2.08. The van der Waals surface area contributed by atoms with Gasteiger partial charge in [0.15, 0.2) is 0 Å². The van der Waals surface area contributed by atoms with Crippen LogP contribution in [0.4, 0.5) is 4.79 Å². The van der Waals surface area contributed by atoms with E-state index in [0.717, 1.165) is 25.7 Å². The molecule has 1 aliphatic rings. The normalized spacial score (nSPS) is 17.6. The Morgan fingerprint density at radius 3 is 2.17 bits per heavy atom. The summed E-state index contributed by atoms with van der Waals surface area (Å²) in [5.41, 5.74) is -0.660. The Kier molecular flexibility index (Phi) is 7.26. The summed E-state index contributed by atoms with van der Waals surface area (Å²) in [6.45, 7) is 4.00. The van der Waals surface area contributed by atoms with Crippen molar-refractivity contribution in [1.82, 2.24) is 0 Å². The van der Waals surface area contributed by atoms with Gasteiger partial charge in [-0.2, -0.15) is 0 Å². The summed E-state index contributed by atoms with van der Waals surface area (Å²) in [6.07, 6.45) is 5.65. The molecule has 0 saturated heterocycles. The van der Waals surface area contributed by atoms with E-state index in [1.807, 2.05) is 13.8 Å². The minimum Gasteiger partial charge on any atom is -0.450 e. The van der Waals surface area contributed by atoms with Crippen LogP contribution in [0, 0.1) is 0 Å². The molecule has 1 aliphatic carbocycles. The number of halogens is 1. The van der Waals surface area contributed by atoms with Gasteiger partial charge in [-0.25, -0.2) is 4.79 Å². The van der Waals surface area contributed by atoms with E-state index in [9.17, 15) is 4.79 Å². The molecule has 2 nitrogen and oxygen atoms in total. The third-order valence-corrected chi connectivity index (χ3v) is 1.90. The summed E-state index contributed by atoms with van der Waals surface area (Å²) in [5.74, 6) is 0. The van der Waals surface area contributed by atoms with Crippen LogP contribution in [-0.4, -0.2) is 11.5 Å². The largest absolute Gasteiger partial charge is 0.450 e. The monoisotopic (exact) mass is 192 g/mol. The maximum absolute atomic E-state index is 10.3. The lowest BCUT2D eigenvalue weighted by Crippen LogP contribution is -2.17. The van der Waals surface area contributed by atoms with Crippen LogP contribution in [-0.2, 0) is 4.74 Å². The Bertz CT molecular complexity index is 120. The highest BCUT2D eigenvalue weighted by Crippen LogP contribution is 2.20. The van der Waals surface area contributed by atoms with Crippen molar-refractivity contribution in [2.24, 2.45) is 0 Å². The fourth-order valence-corrected chi connectivity index (χ4v) is 1.44. The minimum absolute atomic E-state index is 0.0961. The molecule has 3 heteroatoms. The summed E-state index contributed by atoms with van der Waals surface area (Å²) in [6, 6.07) is 0. The molecular formula is C9H17ClO2. The van der Waals surface area contributed by atoms with Gasteiger partial charge in [0.25, 0.3) is 0 Å². The molecule has 1 fully saturated rings. The predicted molar refractivity (Wildman–Crippen MR) is 50.6 cm³/mol. The molecule has 0 spiro atoms. The Labute approximate surface area is 79.2 Å². The average molecular weight is 193 g/mol. The molecule has 0 atom stereocenters. The minimum atomic E-state index is -0.660. The van der Waals surface area contributed by atoms with Crippen LogP contribution in [0.25, 0.3) is 0 Å². The van der Waals surface area contributed by atoms with Crippen molar-refractivity contribution >= 4 is 17.0 Å². The van der Waals surface area contributed by atoms with Crippen LogP contribution in [0.5, 0.6) is 0 Å². The highest BCUT2D eigenvalue weighted by atomic mass is 35.5. The van der Waals surface area contributed by atoms with Gasteiger partial charge in [-0.15, -0.1) is 0 Å². The Morgan fingerprint density at radius 2 is 1.75 bits per heavy atom. The molecule has 0 N–H and O–H groups in total. The van der Waals surface area contributed by atoms with Crippen molar-refractivity contribution in [2.75, 3.05) is 0 Å². The number of hydrogen-bond donors (Lipinski definition) is 0. The topological polar surface area (TPSA) is 26.3 Å². The lowest BCUT2D eigenvalue weighted by atomic mass is 9.98. The first-order valence-corrected chi connectivity index (χ1v) is 5.03. The highest BCUT2D eigenvalue weighted by molar-refractivity contribution is 6.61. The molecule has 1 saturated carbocycles. The van der Waals surface area contributed by atoms with Gasteiger partial charge in [0.2, 0.25) is 0 Å². The standard InChI is InChI=1S/C7H11ClO2.C2H6/c8-7(9)10-6-4-2-1-3-5-6;1-2/h6H,1-5H2;1-2H3. The number of rotatable bonds is 1. The molecular weight excluding hydrogens is 176 g/mol. The highest BCUT2D eigenvalue weighted by Gasteiger charge is 2.15. The lowest BCUT2D eigenvalue weighted by Gasteiger charge is -2.19. The molecule has 0 aliphatic heterocycles. The van der Waals surface area contributed by atoms with Crippen molar-refractivity contribution in [3.8, 4) is 0 Å². The fourth-order valence-electron chi connectivity index (χ4n) is 1.31. The Morgan fingerprint density at radius 1 is 1.25 bits per heavy atom. The number of ether oxygens (including phenoxy) is 1. The second-order valence-corrected chi connectivity index (χ2v) is 2.92. The third-order valence-electron chi connectivity index (χ3n) is 1.81. The van der Waals surface area contributed by atoms with Gasteiger partial charge in [0.1, 0.15) is 6.10 Å². The van der Waals surface area contributed by atoms with Crippen molar-refractivity contribution in [3.63, 3.8) is 0 Å². The van der Waals surface area contributed by atoms with Crippen LogP contribution < -0.4 is 0 Å². The van der Waals surface area contributed by atoms with E-state index in [1.165, 1.54) is 6.42 Å². The van der Waals surface area contributed by atoms with Crippen LogP contribution in [0.1, 0.15) is 46.0 Å². The number of hydrogen-bond acceptors (Lipinski definition) is 2. The van der Waals surface area contributed by atoms with Gasteiger partial charge < -0.3 is 4.74 Å². The zero-order valence-corrected chi connectivity index (χ0v) is 8.56. The van der Waals surface area contributed by atoms with Gasteiger partial charge >= 0.3 is 5.43 Å². The molecule has 0 radical (unpaired) electrons. The first-order valence-electron chi connectivity index (χ1n) is 4.65. The SMILES string of the molecule is CC.O=C(Cl)OC1CCCCC1. The fraction of sp³-hybridized carbons (Fsp3) is 0.889.